The molecule has 0 aliphatic rings. The van der Waals surface area contributed by atoms with Crippen LogP contribution >= 0.6 is 0 Å². The topological polar surface area (TPSA) is 110 Å². The van der Waals surface area contributed by atoms with Crippen LogP contribution in [0.4, 0.5) is 0 Å². The van der Waals surface area contributed by atoms with Crippen molar-refractivity contribution in [2.45, 2.75) is 379 Å². The number of amides is 1. The molecule has 0 aliphatic carbocycles. The molecule has 412 valence electrons. The summed E-state index contributed by atoms with van der Waals surface area (Å²) in [5, 5.41) is 44.2. The molecule has 0 spiro atoms. The molecule has 0 aromatic carbocycles. The van der Waals surface area contributed by atoms with E-state index in [1.807, 2.05) is 0 Å². The van der Waals surface area contributed by atoms with Gasteiger partial charge >= 0.3 is 0 Å². The van der Waals surface area contributed by atoms with Crippen LogP contribution in [-0.4, -0.2) is 57.3 Å². The van der Waals surface area contributed by atoms with Gasteiger partial charge in [0.05, 0.1) is 18.8 Å². The molecule has 69 heavy (non-hydrogen) atoms. The Morgan fingerprint density at radius 2 is 0.580 bits per heavy atom. The van der Waals surface area contributed by atoms with Gasteiger partial charge in [-0.2, -0.15) is 0 Å². The summed E-state index contributed by atoms with van der Waals surface area (Å²) >= 11 is 0. The highest BCUT2D eigenvalue weighted by molar-refractivity contribution is 5.80. The zero-order chi connectivity index (χ0) is 50.2. The first-order valence-corrected chi connectivity index (χ1v) is 31.6. The Hall–Kier alpha value is -0.950. The molecule has 6 nitrogen and oxygen atoms in total. The van der Waals surface area contributed by atoms with Crippen molar-refractivity contribution < 1.29 is 25.2 Å². The van der Waals surface area contributed by atoms with Crippen molar-refractivity contribution in [2.24, 2.45) is 0 Å². The van der Waals surface area contributed by atoms with Crippen LogP contribution in [0.1, 0.15) is 354 Å². The summed E-state index contributed by atoms with van der Waals surface area (Å²) in [6.07, 6.45) is 70.2. The maximum atomic E-state index is 12.6. The van der Waals surface area contributed by atoms with Crippen LogP contribution in [0.5, 0.6) is 0 Å². The molecule has 0 aromatic heterocycles. The lowest BCUT2D eigenvalue weighted by molar-refractivity contribution is -0.132. The highest BCUT2D eigenvalue weighted by atomic mass is 16.3. The van der Waals surface area contributed by atoms with E-state index in [9.17, 15) is 25.2 Å². The van der Waals surface area contributed by atoms with Crippen LogP contribution in [-0.2, 0) is 4.79 Å². The van der Waals surface area contributed by atoms with E-state index < -0.39 is 36.9 Å². The van der Waals surface area contributed by atoms with Gasteiger partial charge in [-0.25, -0.2) is 0 Å². The van der Waals surface area contributed by atoms with Crippen molar-refractivity contribution in [3.8, 4) is 0 Å². The quantitative estimate of drug-likeness (QED) is 0.0308. The summed E-state index contributed by atoms with van der Waals surface area (Å²) in [6, 6.07) is -0.985. The second kappa shape index (κ2) is 57.9. The minimum absolute atomic E-state index is 0.371. The predicted molar refractivity (Wildman–Crippen MR) is 302 cm³/mol. The summed E-state index contributed by atoms with van der Waals surface area (Å²) in [5.74, 6) is -0.578. The summed E-state index contributed by atoms with van der Waals surface area (Å²) in [7, 11) is 0. The Balaban J connectivity index is 3.57. The smallest absolute Gasteiger partial charge is 0.249 e. The fourth-order valence-electron chi connectivity index (χ4n) is 10.3. The maximum absolute atomic E-state index is 12.6. The van der Waals surface area contributed by atoms with Gasteiger partial charge in [-0.1, -0.05) is 328 Å². The normalized spacial score (nSPS) is 13.7. The van der Waals surface area contributed by atoms with Crippen molar-refractivity contribution in [2.75, 3.05) is 6.61 Å². The molecular weight excluding hydrogens is 851 g/mol. The van der Waals surface area contributed by atoms with E-state index >= 15 is 0 Å². The van der Waals surface area contributed by atoms with Crippen LogP contribution in [0.3, 0.4) is 0 Å². The number of rotatable bonds is 59. The van der Waals surface area contributed by atoms with Crippen molar-refractivity contribution in [1.82, 2.24) is 5.32 Å². The van der Waals surface area contributed by atoms with Gasteiger partial charge in [0, 0.05) is 0 Å². The number of carbonyl (C=O) groups excluding carboxylic acids is 1. The van der Waals surface area contributed by atoms with Crippen LogP contribution in [0, 0.1) is 0 Å². The number of unbranched alkanes of at least 4 members (excludes halogenated alkanes) is 48. The van der Waals surface area contributed by atoms with Crippen LogP contribution in [0.15, 0.2) is 12.2 Å². The Morgan fingerprint density at radius 3 is 0.841 bits per heavy atom. The molecule has 0 saturated carbocycles. The number of carbonyl (C=O) groups is 1. The lowest BCUT2D eigenvalue weighted by Crippen LogP contribution is -2.53. The van der Waals surface area contributed by atoms with Crippen molar-refractivity contribution in [3.05, 3.63) is 12.2 Å². The average Bonchev–Trinajstić information content (AvgIpc) is 3.35. The number of aliphatic hydroxyl groups excluding tert-OH is 4. The SMILES string of the molecule is CCCCCCCCCCCCCC/C=C\CCCCCCCCCCCCC(O)C(=O)NC(CO)C(O)C(O)CCCCCCCCCCCCCCCCCCCCCCCCCCCCC. The molecule has 0 radical (unpaired) electrons. The fraction of sp³-hybridized carbons (Fsp3) is 0.952. The van der Waals surface area contributed by atoms with Crippen molar-refractivity contribution in [1.29, 1.82) is 0 Å². The first kappa shape index (κ1) is 68.0. The number of aliphatic hydroxyl groups is 4. The molecular formula is C63H125NO5. The highest BCUT2D eigenvalue weighted by Gasteiger charge is 2.28. The second-order valence-electron chi connectivity index (χ2n) is 22.1. The summed E-state index contributed by atoms with van der Waals surface area (Å²) in [6.45, 7) is 4.11. The molecule has 1 amide bonds. The van der Waals surface area contributed by atoms with E-state index in [2.05, 4.69) is 31.3 Å². The monoisotopic (exact) mass is 976 g/mol. The lowest BCUT2D eigenvalue weighted by Gasteiger charge is -2.27. The molecule has 4 atom stereocenters. The third-order valence-corrected chi connectivity index (χ3v) is 15.2. The van der Waals surface area contributed by atoms with E-state index in [0.717, 1.165) is 38.5 Å². The largest absolute Gasteiger partial charge is 0.394 e. The summed E-state index contributed by atoms with van der Waals surface area (Å²) in [4.78, 5) is 12.6. The van der Waals surface area contributed by atoms with Gasteiger partial charge in [0.1, 0.15) is 12.2 Å². The van der Waals surface area contributed by atoms with Crippen LogP contribution < -0.4 is 5.32 Å². The molecule has 4 unspecified atom stereocenters. The predicted octanol–water partition coefficient (Wildman–Crippen LogP) is 18.8. The van der Waals surface area contributed by atoms with E-state index in [-0.39, 0.29) is 0 Å². The van der Waals surface area contributed by atoms with Crippen molar-refractivity contribution in [3.63, 3.8) is 0 Å². The number of allylic oxidation sites excluding steroid dienone is 2. The van der Waals surface area contributed by atoms with Crippen LogP contribution in [0.2, 0.25) is 0 Å². The molecule has 0 saturated heterocycles. The third-order valence-electron chi connectivity index (χ3n) is 15.2. The van der Waals surface area contributed by atoms with E-state index in [0.29, 0.717) is 12.8 Å². The Labute approximate surface area is 432 Å². The molecule has 5 N–H and O–H groups in total. The van der Waals surface area contributed by atoms with Gasteiger partial charge < -0.3 is 25.7 Å². The van der Waals surface area contributed by atoms with Gasteiger partial charge in [0.15, 0.2) is 0 Å². The second-order valence-corrected chi connectivity index (χ2v) is 22.1. The summed E-state index contributed by atoms with van der Waals surface area (Å²) < 4.78 is 0. The standard InChI is InChI=1S/C63H125NO5/c1-3-5-7-9-11-13-15-17-19-21-23-25-27-29-31-33-34-36-38-40-42-44-46-48-50-52-54-56-60(66)62(68)59(58-65)64-63(69)61(67)57-55-53-51-49-47-45-43-41-39-37-35-32-30-28-26-24-22-20-18-16-14-12-10-8-6-4-2/h30,32,59-62,65-68H,3-29,31,33-58H2,1-2H3,(H,64,69)/b32-30-. The molecule has 6 heteroatoms. The number of nitrogens with one attached hydrogen (secondary N) is 1. The highest BCUT2D eigenvalue weighted by Crippen LogP contribution is 2.19. The van der Waals surface area contributed by atoms with Gasteiger partial charge in [0.25, 0.3) is 0 Å². The molecule has 0 aliphatic heterocycles. The number of hydrogen-bond acceptors (Lipinski definition) is 5. The van der Waals surface area contributed by atoms with E-state index in [1.165, 1.54) is 289 Å². The molecule has 0 heterocycles. The van der Waals surface area contributed by atoms with Gasteiger partial charge in [-0.3, -0.25) is 4.79 Å². The zero-order valence-electron chi connectivity index (χ0n) is 46.8. The first-order valence-electron chi connectivity index (χ1n) is 31.6. The third kappa shape index (κ3) is 51.7. The number of hydrogen-bond donors (Lipinski definition) is 5. The Bertz CT molecular complexity index is 1010. The van der Waals surface area contributed by atoms with Crippen molar-refractivity contribution >= 4 is 5.91 Å². The Kier molecular flexibility index (Phi) is 57.1. The maximum Gasteiger partial charge on any atom is 0.249 e. The fourth-order valence-corrected chi connectivity index (χ4v) is 10.3. The van der Waals surface area contributed by atoms with Gasteiger partial charge in [-0.05, 0) is 38.5 Å². The Morgan fingerprint density at radius 1 is 0.348 bits per heavy atom. The van der Waals surface area contributed by atoms with Gasteiger partial charge in [-0.15, -0.1) is 0 Å². The van der Waals surface area contributed by atoms with E-state index in [1.54, 1.807) is 0 Å². The minimum atomic E-state index is -1.26. The average molecular weight is 977 g/mol. The van der Waals surface area contributed by atoms with Crippen LogP contribution in [0.25, 0.3) is 0 Å². The van der Waals surface area contributed by atoms with E-state index in [4.69, 9.17) is 0 Å². The zero-order valence-corrected chi connectivity index (χ0v) is 46.8. The first-order chi connectivity index (χ1) is 34.0. The summed E-state index contributed by atoms with van der Waals surface area (Å²) in [5.41, 5.74) is 0. The molecule has 0 aromatic rings. The van der Waals surface area contributed by atoms with Gasteiger partial charge in [0.2, 0.25) is 5.91 Å². The lowest BCUT2D eigenvalue weighted by atomic mass is 9.99. The molecule has 0 fully saturated rings. The molecule has 0 bridgehead atoms. The molecule has 0 rings (SSSR count). The minimum Gasteiger partial charge on any atom is -0.394 e.